The molecule has 4 N–H and O–H groups in total. The van der Waals surface area contributed by atoms with Crippen molar-refractivity contribution in [1.82, 2.24) is 0 Å². The van der Waals surface area contributed by atoms with Crippen LogP contribution >= 0.6 is 0 Å². The number of aliphatic hydroxyl groups is 2. The molecule has 18 heavy (non-hydrogen) atoms. The Balaban J connectivity index is 2.22. The Morgan fingerprint density at radius 2 is 1.56 bits per heavy atom. The van der Waals surface area contributed by atoms with Crippen LogP contribution in [0.5, 0.6) is 0 Å². The molecule has 104 valence electrons. The predicted molar refractivity (Wildman–Crippen MR) is 61.8 cm³/mol. The van der Waals surface area contributed by atoms with Gasteiger partial charge >= 0.3 is 11.9 Å². The SMILES string of the molecule is O=C(O)CCCCCCC(O)(O)C1(C(=O)O)CC1. The van der Waals surface area contributed by atoms with Crippen molar-refractivity contribution in [3.63, 3.8) is 0 Å². The molecule has 0 radical (unpaired) electrons. The van der Waals surface area contributed by atoms with E-state index in [4.69, 9.17) is 10.2 Å². The normalized spacial score (nSPS) is 17.4. The molecule has 1 saturated carbocycles. The Morgan fingerprint density at radius 3 is 2.00 bits per heavy atom. The molecule has 6 nitrogen and oxygen atoms in total. The number of unbranched alkanes of at least 4 members (excludes halogenated alkanes) is 3. The fraction of sp³-hybridized carbons (Fsp3) is 0.833. The van der Waals surface area contributed by atoms with E-state index in [9.17, 15) is 19.8 Å². The number of hydrogen-bond donors (Lipinski definition) is 4. The van der Waals surface area contributed by atoms with Gasteiger partial charge in [-0.3, -0.25) is 9.59 Å². The molecule has 6 heteroatoms. The number of rotatable bonds is 9. The van der Waals surface area contributed by atoms with Crippen molar-refractivity contribution in [1.29, 1.82) is 0 Å². The molecule has 0 spiro atoms. The summed E-state index contributed by atoms with van der Waals surface area (Å²) >= 11 is 0. The van der Waals surface area contributed by atoms with Crippen molar-refractivity contribution in [2.75, 3.05) is 0 Å². The summed E-state index contributed by atoms with van der Waals surface area (Å²) in [4.78, 5) is 21.2. The second kappa shape index (κ2) is 5.67. The Bertz CT molecular complexity index is 319. The lowest BCUT2D eigenvalue weighted by atomic mass is 9.90. The van der Waals surface area contributed by atoms with Crippen LogP contribution in [0, 0.1) is 5.41 Å². The topological polar surface area (TPSA) is 115 Å². The maximum absolute atomic E-state index is 11.0. The minimum absolute atomic E-state index is 0.0202. The van der Waals surface area contributed by atoms with Crippen LogP contribution in [0.4, 0.5) is 0 Å². The van der Waals surface area contributed by atoms with E-state index in [1.807, 2.05) is 0 Å². The highest BCUT2D eigenvalue weighted by Gasteiger charge is 2.63. The molecular weight excluding hydrogens is 240 g/mol. The fourth-order valence-electron chi connectivity index (χ4n) is 2.15. The quantitative estimate of drug-likeness (QED) is 0.362. The molecule has 0 unspecified atom stereocenters. The Labute approximate surface area is 105 Å². The summed E-state index contributed by atoms with van der Waals surface area (Å²) in [6.07, 6.45) is 3.15. The summed E-state index contributed by atoms with van der Waals surface area (Å²) in [6, 6.07) is 0. The molecule has 0 atom stereocenters. The molecule has 0 bridgehead atoms. The molecule has 0 amide bonds. The van der Waals surface area contributed by atoms with E-state index in [0.717, 1.165) is 0 Å². The molecule has 1 fully saturated rings. The zero-order valence-electron chi connectivity index (χ0n) is 10.3. The van der Waals surface area contributed by atoms with E-state index < -0.39 is 23.1 Å². The molecule has 0 aromatic heterocycles. The second-order valence-corrected chi connectivity index (χ2v) is 5.01. The maximum atomic E-state index is 11.0. The van der Waals surface area contributed by atoms with Crippen molar-refractivity contribution < 1.29 is 30.0 Å². The van der Waals surface area contributed by atoms with E-state index in [2.05, 4.69) is 0 Å². The van der Waals surface area contributed by atoms with Gasteiger partial charge < -0.3 is 20.4 Å². The molecule has 0 saturated heterocycles. The average Bonchev–Trinajstić information content (AvgIpc) is 3.03. The number of carbonyl (C=O) groups is 2. The highest BCUT2D eigenvalue weighted by atomic mass is 16.5. The highest BCUT2D eigenvalue weighted by Crippen LogP contribution is 2.54. The van der Waals surface area contributed by atoms with Crippen LogP contribution in [0.1, 0.15) is 51.4 Å². The first-order valence-electron chi connectivity index (χ1n) is 6.22. The standard InChI is InChI=1S/C12H20O6/c13-9(14)5-3-1-2-4-6-12(17,18)11(7-8-11)10(15)16/h17-18H,1-8H2,(H,13,14)(H,15,16). The summed E-state index contributed by atoms with van der Waals surface area (Å²) in [5, 5.41) is 37.0. The van der Waals surface area contributed by atoms with Crippen LogP contribution < -0.4 is 0 Å². The molecule has 0 aromatic carbocycles. The van der Waals surface area contributed by atoms with Gasteiger partial charge in [-0.05, 0) is 25.7 Å². The van der Waals surface area contributed by atoms with E-state index in [-0.39, 0.29) is 12.8 Å². The first kappa shape index (κ1) is 14.9. The van der Waals surface area contributed by atoms with Crippen LogP contribution in [-0.4, -0.2) is 38.2 Å². The lowest BCUT2D eigenvalue weighted by Gasteiger charge is -2.28. The van der Waals surface area contributed by atoms with Crippen LogP contribution in [0.3, 0.4) is 0 Å². The van der Waals surface area contributed by atoms with Gasteiger partial charge in [0.25, 0.3) is 0 Å². The fourth-order valence-corrected chi connectivity index (χ4v) is 2.15. The van der Waals surface area contributed by atoms with E-state index in [1.165, 1.54) is 0 Å². The highest BCUT2D eigenvalue weighted by molar-refractivity contribution is 5.79. The zero-order valence-corrected chi connectivity index (χ0v) is 10.3. The Morgan fingerprint density at radius 1 is 1.00 bits per heavy atom. The number of aliphatic carboxylic acids is 2. The lowest BCUT2D eigenvalue weighted by molar-refractivity contribution is -0.223. The van der Waals surface area contributed by atoms with Crippen molar-refractivity contribution in [3.05, 3.63) is 0 Å². The molecule has 0 aromatic rings. The van der Waals surface area contributed by atoms with E-state index >= 15 is 0 Å². The van der Waals surface area contributed by atoms with Gasteiger partial charge in [0.05, 0.1) is 0 Å². The molecule has 0 aliphatic heterocycles. The second-order valence-electron chi connectivity index (χ2n) is 5.01. The van der Waals surface area contributed by atoms with E-state index in [1.54, 1.807) is 0 Å². The van der Waals surface area contributed by atoms with Gasteiger partial charge in [-0.25, -0.2) is 0 Å². The summed E-state index contributed by atoms with van der Waals surface area (Å²) in [5.41, 5.74) is -1.38. The summed E-state index contributed by atoms with van der Waals surface area (Å²) < 4.78 is 0. The first-order valence-corrected chi connectivity index (χ1v) is 6.22. The minimum atomic E-state index is -2.15. The van der Waals surface area contributed by atoms with E-state index in [0.29, 0.717) is 38.5 Å². The van der Waals surface area contributed by atoms with Gasteiger partial charge in [0.15, 0.2) is 5.79 Å². The van der Waals surface area contributed by atoms with Crippen LogP contribution in [0.2, 0.25) is 0 Å². The number of carboxylic acid groups (broad SMARTS) is 2. The van der Waals surface area contributed by atoms with Gasteiger partial charge in [0.2, 0.25) is 0 Å². The zero-order chi connectivity index (χ0) is 13.8. The lowest BCUT2D eigenvalue weighted by Crippen LogP contribution is -2.44. The van der Waals surface area contributed by atoms with Crippen LogP contribution in [0.25, 0.3) is 0 Å². The predicted octanol–water partition coefficient (Wildman–Crippen LogP) is 0.957. The van der Waals surface area contributed by atoms with Crippen molar-refractivity contribution in [3.8, 4) is 0 Å². The van der Waals surface area contributed by atoms with Gasteiger partial charge in [-0.15, -0.1) is 0 Å². The molecule has 1 aliphatic rings. The van der Waals surface area contributed by atoms with Crippen LogP contribution in [-0.2, 0) is 9.59 Å². The minimum Gasteiger partial charge on any atom is -0.481 e. The summed E-state index contributed by atoms with van der Waals surface area (Å²) in [5.74, 6) is -4.14. The average molecular weight is 260 g/mol. The first-order chi connectivity index (χ1) is 8.32. The van der Waals surface area contributed by atoms with Crippen molar-refractivity contribution in [2.24, 2.45) is 5.41 Å². The van der Waals surface area contributed by atoms with Gasteiger partial charge in [-0.2, -0.15) is 0 Å². The summed E-state index contributed by atoms with van der Waals surface area (Å²) in [7, 11) is 0. The van der Waals surface area contributed by atoms with Crippen molar-refractivity contribution in [2.45, 2.75) is 57.2 Å². The Kier molecular flexibility index (Phi) is 4.70. The third-order valence-corrected chi connectivity index (χ3v) is 3.59. The van der Waals surface area contributed by atoms with Gasteiger partial charge in [0, 0.05) is 12.8 Å². The molecule has 0 heterocycles. The third-order valence-electron chi connectivity index (χ3n) is 3.59. The third kappa shape index (κ3) is 3.43. The monoisotopic (exact) mass is 260 g/mol. The van der Waals surface area contributed by atoms with Crippen LogP contribution in [0.15, 0.2) is 0 Å². The van der Waals surface area contributed by atoms with Crippen molar-refractivity contribution >= 4 is 11.9 Å². The molecule has 1 aliphatic carbocycles. The van der Waals surface area contributed by atoms with Gasteiger partial charge in [-0.1, -0.05) is 12.8 Å². The molecule has 1 rings (SSSR count). The maximum Gasteiger partial charge on any atom is 0.315 e. The largest absolute Gasteiger partial charge is 0.481 e. The van der Waals surface area contributed by atoms with Gasteiger partial charge in [0.1, 0.15) is 5.41 Å². The molecular formula is C12H20O6. The number of hydrogen-bond acceptors (Lipinski definition) is 4. The smallest absolute Gasteiger partial charge is 0.315 e. The summed E-state index contributed by atoms with van der Waals surface area (Å²) in [6.45, 7) is 0. The Hall–Kier alpha value is -1.14. The number of carboxylic acids is 2.